The first-order valence-electron chi connectivity index (χ1n) is 11.5. The van der Waals surface area contributed by atoms with Crippen molar-refractivity contribution in [2.24, 2.45) is 0 Å². The maximum atomic E-state index is 12.8. The lowest BCUT2D eigenvalue weighted by molar-refractivity contribution is 0.101. The summed E-state index contributed by atoms with van der Waals surface area (Å²) in [6, 6.07) is 31.3. The van der Waals surface area contributed by atoms with Crippen LogP contribution in [0.4, 0.5) is 11.4 Å². The minimum Gasteiger partial charge on any atom is -0.322 e. The fraction of sp³-hybridized carbons (Fsp3) is 0. The Balaban J connectivity index is 1.26. The summed E-state index contributed by atoms with van der Waals surface area (Å²) in [6.45, 7) is 0. The zero-order valence-electron chi connectivity index (χ0n) is 19.6. The van der Waals surface area contributed by atoms with Crippen LogP contribution in [0, 0.1) is 0 Å². The van der Waals surface area contributed by atoms with Crippen molar-refractivity contribution >= 4 is 34.8 Å². The van der Waals surface area contributed by atoms with Crippen molar-refractivity contribution in [2.75, 3.05) is 10.6 Å². The van der Waals surface area contributed by atoms with Crippen LogP contribution >= 0.6 is 11.6 Å². The number of anilines is 2. The second-order valence-electron chi connectivity index (χ2n) is 8.23. The van der Waals surface area contributed by atoms with E-state index >= 15 is 0 Å². The first-order valence-corrected chi connectivity index (χ1v) is 11.9. The number of amides is 2. The molecule has 2 aromatic heterocycles. The van der Waals surface area contributed by atoms with Gasteiger partial charge in [0.15, 0.2) is 0 Å². The van der Waals surface area contributed by atoms with Crippen molar-refractivity contribution < 1.29 is 9.59 Å². The number of halogens is 1. The number of hydrogen-bond donors (Lipinski definition) is 2. The highest BCUT2D eigenvalue weighted by molar-refractivity contribution is 6.31. The van der Waals surface area contributed by atoms with E-state index in [1.165, 1.54) is 12.4 Å². The Morgan fingerprint density at radius 1 is 0.568 bits per heavy atom. The number of carbonyl (C=O) groups is 2. The lowest BCUT2D eigenvalue weighted by Crippen LogP contribution is -2.14. The quantitative estimate of drug-likeness (QED) is 0.261. The molecule has 0 saturated heterocycles. The fourth-order valence-corrected chi connectivity index (χ4v) is 3.99. The Morgan fingerprint density at radius 2 is 1.00 bits per heavy atom. The Hall–Kier alpha value is -4.81. The summed E-state index contributed by atoms with van der Waals surface area (Å²) in [5.41, 5.74) is 5.16. The summed E-state index contributed by atoms with van der Waals surface area (Å²) < 4.78 is 0. The highest BCUT2D eigenvalue weighted by Crippen LogP contribution is 2.24. The highest BCUT2D eigenvalue weighted by Gasteiger charge is 2.12. The van der Waals surface area contributed by atoms with Crippen molar-refractivity contribution in [1.82, 2.24) is 9.97 Å². The molecule has 2 amide bonds. The predicted molar refractivity (Wildman–Crippen MR) is 147 cm³/mol. The van der Waals surface area contributed by atoms with Crippen molar-refractivity contribution in [2.45, 2.75) is 0 Å². The van der Waals surface area contributed by atoms with Gasteiger partial charge in [-0.15, -0.1) is 0 Å². The molecule has 2 heterocycles. The zero-order valence-corrected chi connectivity index (χ0v) is 20.3. The van der Waals surface area contributed by atoms with Gasteiger partial charge in [-0.05, 0) is 42.5 Å². The van der Waals surface area contributed by atoms with Gasteiger partial charge in [0.1, 0.15) is 0 Å². The van der Waals surface area contributed by atoms with Gasteiger partial charge in [-0.1, -0.05) is 72.3 Å². The van der Waals surface area contributed by atoms with E-state index in [-0.39, 0.29) is 11.8 Å². The van der Waals surface area contributed by atoms with E-state index in [2.05, 4.69) is 20.6 Å². The first kappa shape index (κ1) is 23.9. The van der Waals surface area contributed by atoms with Gasteiger partial charge >= 0.3 is 0 Å². The van der Waals surface area contributed by atoms with E-state index in [1.807, 2.05) is 60.7 Å². The standard InChI is InChI=1S/C30H21ClN4O2/c31-24-15-25(34-29(36)22-11-13-27(32-18-22)20-7-3-1-4-8-20)17-26(16-24)35-30(37)23-12-14-28(33-19-23)21-9-5-2-6-10-21/h1-19H,(H,34,36)(H,35,37). The van der Waals surface area contributed by atoms with Gasteiger partial charge in [0.05, 0.1) is 22.5 Å². The molecule has 5 rings (SSSR count). The lowest BCUT2D eigenvalue weighted by Gasteiger charge is -2.11. The van der Waals surface area contributed by atoms with Crippen LogP contribution in [-0.4, -0.2) is 21.8 Å². The number of nitrogens with one attached hydrogen (secondary N) is 2. The van der Waals surface area contributed by atoms with Gasteiger partial charge in [0, 0.05) is 39.9 Å². The zero-order chi connectivity index (χ0) is 25.6. The molecule has 7 heteroatoms. The third-order valence-electron chi connectivity index (χ3n) is 5.60. The summed E-state index contributed by atoms with van der Waals surface area (Å²) in [4.78, 5) is 34.4. The third kappa shape index (κ3) is 5.89. The smallest absolute Gasteiger partial charge is 0.257 e. The summed E-state index contributed by atoms with van der Waals surface area (Å²) in [5.74, 6) is -0.681. The average molecular weight is 505 g/mol. The first-order chi connectivity index (χ1) is 18.0. The molecule has 0 fully saturated rings. The van der Waals surface area contributed by atoms with E-state index in [0.717, 1.165) is 22.5 Å². The van der Waals surface area contributed by atoms with E-state index in [1.54, 1.807) is 42.5 Å². The Morgan fingerprint density at radius 3 is 1.38 bits per heavy atom. The van der Waals surface area contributed by atoms with Crippen LogP contribution in [0.1, 0.15) is 20.7 Å². The normalized spacial score (nSPS) is 10.5. The van der Waals surface area contributed by atoms with Crippen molar-refractivity contribution in [3.8, 4) is 22.5 Å². The Bertz CT molecular complexity index is 1420. The van der Waals surface area contributed by atoms with Gasteiger partial charge in [-0.3, -0.25) is 19.6 Å². The van der Waals surface area contributed by atoms with E-state index in [9.17, 15) is 9.59 Å². The lowest BCUT2D eigenvalue weighted by atomic mass is 10.1. The maximum Gasteiger partial charge on any atom is 0.257 e. The SMILES string of the molecule is O=C(Nc1cc(Cl)cc(NC(=O)c2ccc(-c3ccccc3)nc2)c1)c1ccc(-c2ccccc2)nc1. The number of carbonyl (C=O) groups excluding carboxylic acids is 2. The predicted octanol–water partition coefficient (Wildman–Crippen LogP) is 6.97. The van der Waals surface area contributed by atoms with E-state index < -0.39 is 0 Å². The topological polar surface area (TPSA) is 84.0 Å². The molecule has 0 aliphatic rings. The molecule has 0 aliphatic heterocycles. The van der Waals surface area contributed by atoms with Gasteiger partial charge in [0.25, 0.3) is 11.8 Å². The van der Waals surface area contributed by atoms with Crippen LogP contribution in [0.5, 0.6) is 0 Å². The molecule has 0 bridgehead atoms. The minimum atomic E-state index is -0.340. The number of rotatable bonds is 6. The Kier molecular flexibility index (Phi) is 7.01. The summed E-state index contributed by atoms with van der Waals surface area (Å²) in [6.07, 6.45) is 3.05. The second-order valence-corrected chi connectivity index (χ2v) is 8.67. The molecule has 0 spiro atoms. The largest absolute Gasteiger partial charge is 0.322 e. The van der Waals surface area contributed by atoms with Crippen LogP contribution in [-0.2, 0) is 0 Å². The highest BCUT2D eigenvalue weighted by atomic mass is 35.5. The van der Waals surface area contributed by atoms with E-state index in [0.29, 0.717) is 27.5 Å². The van der Waals surface area contributed by atoms with Crippen LogP contribution in [0.25, 0.3) is 22.5 Å². The number of aromatic nitrogens is 2. The fourth-order valence-electron chi connectivity index (χ4n) is 3.76. The molecular formula is C30H21ClN4O2. The van der Waals surface area contributed by atoms with Crippen LogP contribution in [0.3, 0.4) is 0 Å². The molecular weight excluding hydrogens is 484 g/mol. The third-order valence-corrected chi connectivity index (χ3v) is 5.82. The van der Waals surface area contributed by atoms with Gasteiger partial charge < -0.3 is 10.6 Å². The van der Waals surface area contributed by atoms with Crippen molar-refractivity contribution in [3.05, 3.63) is 132 Å². The Labute approximate surface area is 219 Å². The molecule has 0 saturated carbocycles. The molecule has 0 radical (unpaired) electrons. The number of hydrogen-bond acceptors (Lipinski definition) is 4. The van der Waals surface area contributed by atoms with Crippen molar-refractivity contribution in [1.29, 1.82) is 0 Å². The van der Waals surface area contributed by atoms with E-state index in [4.69, 9.17) is 11.6 Å². The summed E-state index contributed by atoms with van der Waals surface area (Å²) >= 11 is 6.26. The molecule has 2 N–H and O–H groups in total. The molecule has 5 aromatic rings. The molecule has 0 unspecified atom stereocenters. The molecule has 0 atom stereocenters. The van der Waals surface area contributed by atoms with Crippen molar-refractivity contribution in [3.63, 3.8) is 0 Å². The molecule has 37 heavy (non-hydrogen) atoms. The average Bonchev–Trinajstić information content (AvgIpc) is 2.94. The molecule has 6 nitrogen and oxygen atoms in total. The van der Waals surface area contributed by atoms with Gasteiger partial charge in [0.2, 0.25) is 0 Å². The van der Waals surface area contributed by atoms with Crippen LogP contribution < -0.4 is 10.6 Å². The summed E-state index contributed by atoms with van der Waals surface area (Å²) in [7, 11) is 0. The number of benzene rings is 3. The van der Waals surface area contributed by atoms with Gasteiger partial charge in [-0.25, -0.2) is 0 Å². The van der Waals surface area contributed by atoms with Gasteiger partial charge in [-0.2, -0.15) is 0 Å². The number of nitrogens with zero attached hydrogens (tertiary/aromatic N) is 2. The minimum absolute atomic E-state index is 0.340. The monoisotopic (exact) mass is 504 g/mol. The van der Waals surface area contributed by atoms with Crippen LogP contribution in [0.15, 0.2) is 116 Å². The molecule has 3 aromatic carbocycles. The second kappa shape index (κ2) is 10.8. The van der Waals surface area contributed by atoms with Crippen LogP contribution in [0.2, 0.25) is 5.02 Å². The number of pyridine rings is 2. The summed E-state index contributed by atoms with van der Waals surface area (Å²) in [5, 5.41) is 5.98. The molecule has 0 aliphatic carbocycles. The maximum absolute atomic E-state index is 12.8. The molecule has 180 valence electrons.